The number of imidazole rings is 1. The van der Waals surface area contributed by atoms with Gasteiger partial charge in [0.2, 0.25) is 0 Å². The van der Waals surface area contributed by atoms with Crippen LogP contribution in [-0.4, -0.2) is 37.3 Å². The van der Waals surface area contributed by atoms with Crippen LogP contribution in [0.1, 0.15) is 45.1 Å². The summed E-state index contributed by atoms with van der Waals surface area (Å²) < 4.78 is 8.28. The molecule has 2 heterocycles. The third-order valence-corrected chi connectivity index (χ3v) is 4.62. The average molecular weight is 387 g/mol. The molecule has 150 valence electrons. The fourth-order valence-corrected chi connectivity index (χ4v) is 2.88. The summed E-state index contributed by atoms with van der Waals surface area (Å²) in [6.45, 7) is 4.86. The molecule has 10 nitrogen and oxygen atoms in total. The maximum atomic E-state index is 11.0. The zero-order valence-electron chi connectivity index (χ0n) is 16.6. The van der Waals surface area contributed by atoms with Gasteiger partial charge in [0.15, 0.2) is 17.9 Å². The lowest BCUT2D eigenvalue weighted by atomic mass is 10.0. The molecule has 0 aliphatic heterocycles. The SMILES string of the molecule is CCCCC(CC)CO/C=N\c1c(C#N)c(-c2ncc([N+](=O)[O-])n2C)nn1C. The summed E-state index contributed by atoms with van der Waals surface area (Å²) in [5, 5.41) is 24.9. The predicted octanol–water partition coefficient (Wildman–Crippen LogP) is 3.49. The molecule has 0 fully saturated rings. The maximum Gasteiger partial charge on any atom is 0.342 e. The van der Waals surface area contributed by atoms with Crippen molar-refractivity contribution in [1.29, 1.82) is 5.26 Å². The Morgan fingerprint density at radius 2 is 2.21 bits per heavy atom. The van der Waals surface area contributed by atoms with Gasteiger partial charge in [0.1, 0.15) is 17.8 Å². The van der Waals surface area contributed by atoms with E-state index in [-0.39, 0.29) is 22.9 Å². The van der Waals surface area contributed by atoms with E-state index in [9.17, 15) is 15.4 Å². The first-order valence-electron chi connectivity index (χ1n) is 9.22. The lowest BCUT2D eigenvalue weighted by Crippen LogP contribution is -2.08. The van der Waals surface area contributed by atoms with E-state index in [1.807, 2.05) is 0 Å². The Kier molecular flexibility index (Phi) is 7.26. The van der Waals surface area contributed by atoms with Crippen LogP contribution in [0.5, 0.6) is 0 Å². The summed E-state index contributed by atoms with van der Waals surface area (Å²) in [5.74, 6) is 0.823. The summed E-state index contributed by atoms with van der Waals surface area (Å²) in [4.78, 5) is 18.8. The number of aromatic nitrogens is 4. The number of nitro groups is 1. The molecule has 0 N–H and O–H groups in total. The highest BCUT2D eigenvalue weighted by Crippen LogP contribution is 2.30. The molecule has 1 atom stereocenters. The van der Waals surface area contributed by atoms with E-state index in [1.165, 1.54) is 29.1 Å². The van der Waals surface area contributed by atoms with Crippen molar-refractivity contribution in [3.8, 4) is 17.6 Å². The molecule has 0 saturated carbocycles. The van der Waals surface area contributed by atoms with Gasteiger partial charge in [0.05, 0.1) is 13.7 Å². The maximum absolute atomic E-state index is 11.0. The van der Waals surface area contributed by atoms with E-state index in [1.54, 1.807) is 7.05 Å². The first-order valence-corrected chi connectivity index (χ1v) is 9.22. The third kappa shape index (κ3) is 4.54. The lowest BCUT2D eigenvalue weighted by molar-refractivity contribution is -0.391. The van der Waals surface area contributed by atoms with Gasteiger partial charge in [-0.25, -0.2) is 14.2 Å². The molecule has 10 heteroatoms. The van der Waals surface area contributed by atoms with E-state index < -0.39 is 4.92 Å². The zero-order valence-corrected chi connectivity index (χ0v) is 16.6. The minimum atomic E-state index is -0.541. The van der Waals surface area contributed by atoms with Crippen molar-refractivity contribution in [3.63, 3.8) is 0 Å². The number of unbranched alkanes of at least 4 members (excludes halogenated alkanes) is 1. The van der Waals surface area contributed by atoms with Crippen LogP contribution in [0.15, 0.2) is 11.2 Å². The highest BCUT2D eigenvalue weighted by molar-refractivity contribution is 5.71. The van der Waals surface area contributed by atoms with Crippen LogP contribution in [-0.2, 0) is 18.8 Å². The number of rotatable bonds is 10. The lowest BCUT2D eigenvalue weighted by Gasteiger charge is -2.12. The fraction of sp³-hybridized carbons (Fsp3) is 0.556. The quantitative estimate of drug-likeness (QED) is 0.266. The molecule has 28 heavy (non-hydrogen) atoms. The summed E-state index contributed by atoms with van der Waals surface area (Å²) in [6.07, 6.45) is 6.93. The summed E-state index contributed by atoms with van der Waals surface area (Å²) in [6, 6.07) is 2.06. The molecule has 0 bridgehead atoms. The van der Waals surface area contributed by atoms with Crippen LogP contribution < -0.4 is 0 Å². The van der Waals surface area contributed by atoms with Gasteiger partial charge in [0, 0.05) is 7.05 Å². The molecule has 0 amide bonds. The van der Waals surface area contributed by atoms with Crippen LogP contribution >= 0.6 is 0 Å². The first-order chi connectivity index (χ1) is 13.4. The van der Waals surface area contributed by atoms with Crippen LogP contribution in [0, 0.1) is 27.4 Å². The van der Waals surface area contributed by atoms with E-state index in [0.29, 0.717) is 18.3 Å². The molecular formula is C18H25N7O3. The molecule has 2 aromatic rings. The summed E-state index contributed by atoms with van der Waals surface area (Å²) >= 11 is 0. The minimum absolute atomic E-state index is 0.184. The van der Waals surface area contributed by atoms with Crippen molar-refractivity contribution >= 4 is 18.0 Å². The van der Waals surface area contributed by atoms with Crippen molar-refractivity contribution in [3.05, 3.63) is 21.9 Å². The molecular weight excluding hydrogens is 362 g/mol. The monoisotopic (exact) mass is 387 g/mol. The van der Waals surface area contributed by atoms with Crippen LogP contribution in [0.25, 0.3) is 11.5 Å². The predicted molar refractivity (Wildman–Crippen MR) is 104 cm³/mol. The molecule has 1 unspecified atom stereocenters. The Hall–Kier alpha value is -3.22. The smallest absolute Gasteiger partial charge is 0.342 e. The van der Waals surface area contributed by atoms with Gasteiger partial charge in [0.25, 0.3) is 5.82 Å². The van der Waals surface area contributed by atoms with E-state index >= 15 is 0 Å². The summed E-state index contributed by atoms with van der Waals surface area (Å²) in [7, 11) is 3.15. The minimum Gasteiger partial charge on any atom is -0.483 e. The van der Waals surface area contributed by atoms with Gasteiger partial charge in [-0.1, -0.05) is 33.1 Å². The molecule has 0 saturated heterocycles. The number of ether oxygens (including phenoxy) is 1. The second-order valence-corrected chi connectivity index (χ2v) is 6.52. The standard InChI is InChI=1S/C18H25N7O3/c1-5-7-8-13(6-2)11-28-12-21-17-14(9-19)16(22-24(17)4)18-20-10-15(23(18)3)25(26)27/h10,12-13H,5-8,11H2,1-4H3/b21-12-. The van der Waals surface area contributed by atoms with E-state index in [0.717, 1.165) is 25.5 Å². The number of aryl methyl sites for hydroxylation is 1. The van der Waals surface area contributed by atoms with Gasteiger partial charge < -0.3 is 14.9 Å². The molecule has 0 aliphatic rings. The van der Waals surface area contributed by atoms with Gasteiger partial charge in [-0.3, -0.25) is 0 Å². The largest absolute Gasteiger partial charge is 0.483 e. The molecule has 0 aromatic carbocycles. The molecule has 0 spiro atoms. The van der Waals surface area contributed by atoms with Gasteiger partial charge in [-0.2, -0.15) is 15.4 Å². The Labute approximate surface area is 163 Å². The van der Waals surface area contributed by atoms with Crippen LogP contribution in [0.4, 0.5) is 11.6 Å². The Morgan fingerprint density at radius 1 is 1.46 bits per heavy atom. The van der Waals surface area contributed by atoms with Crippen molar-refractivity contribution in [1.82, 2.24) is 19.3 Å². The van der Waals surface area contributed by atoms with E-state index in [2.05, 4.69) is 35.0 Å². The zero-order chi connectivity index (χ0) is 20.7. The molecule has 0 aliphatic carbocycles. The van der Waals surface area contributed by atoms with Crippen molar-refractivity contribution in [2.45, 2.75) is 39.5 Å². The summed E-state index contributed by atoms with van der Waals surface area (Å²) in [5.41, 5.74) is 0.422. The van der Waals surface area contributed by atoms with Gasteiger partial charge in [-0.15, -0.1) is 0 Å². The van der Waals surface area contributed by atoms with Gasteiger partial charge >= 0.3 is 5.82 Å². The van der Waals surface area contributed by atoms with Crippen molar-refractivity contribution < 1.29 is 9.66 Å². The topological polar surface area (TPSA) is 124 Å². The van der Waals surface area contributed by atoms with Gasteiger partial charge in [-0.05, 0) is 17.3 Å². The highest BCUT2D eigenvalue weighted by Gasteiger charge is 2.26. The van der Waals surface area contributed by atoms with Crippen LogP contribution in [0.3, 0.4) is 0 Å². The Balaban J connectivity index is 2.21. The fourth-order valence-electron chi connectivity index (χ4n) is 2.88. The second kappa shape index (κ2) is 9.64. The number of hydrogen-bond donors (Lipinski definition) is 0. The number of nitrogens with zero attached hydrogens (tertiary/aromatic N) is 7. The Morgan fingerprint density at radius 3 is 2.79 bits per heavy atom. The average Bonchev–Trinajstić information content (AvgIpc) is 3.20. The van der Waals surface area contributed by atoms with E-state index in [4.69, 9.17) is 4.74 Å². The second-order valence-electron chi connectivity index (χ2n) is 6.52. The molecule has 2 aromatic heterocycles. The third-order valence-electron chi connectivity index (χ3n) is 4.62. The van der Waals surface area contributed by atoms with Crippen molar-refractivity contribution in [2.75, 3.05) is 6.61 Å². The highest BCUT2D eigenvalue weighted by atomic mass is 16.6. The normalized spacial score (nSPS) is 12.2. The van der Waals surface area contributed by atoms with Crippen molar-refractivity contribution in [2.24, 2.45) is 25.0 Å². The molecule has 0 radical (unpaired) electrons. The Bertz CT molecular complexity index is 892. The first kappa shape index (κ1) is 21.1. The molecule has 2 rings (SSSR count). The number of hydrogen-bond acceptors (Lipinski definition) is 7. The van der Waals surface area contributed by atoms with Crippen LogP contribution in [0.2, 0.25) is 0 Å². The number of nitriles is 1. The number of aliphatic imine (C=N–C) groups is 1.